The molecule has 1 aromatic carbocycles. The molecule has 0 saturated carbocycles. The molecule has 1 heterocycles. The van der Waals surface area contributed by atoms with Crippen molar-refractivity contribution >= 4 is 0 Å². The zero-order chi connectivity index (χ0) is 15.3. The van der Waals surface area contributed by atoms with Gasteiger partial charge in [0.05, 0.1) is 0 Å². The Labute approximate surface area is 129 Å². The molecular weight excluding hydrogens is 260 g/mol. The van der Waals surface area contributed by atoms with Crippen molar-refractivity contribution in [1.29, 1.82) is 0 Å². The Balaban J connectivity index is 2.12. The molecule has 2 N–H and O–H groups in total. The molecule has 0 bridgehead atoms. The Morgan fingerprint density at radius 2 is 1.95 bits per heavy atom. The first-order chi connectivity index (χ1) is 10.0. The minimum Gasteiger partial charge on any atom is -0.508 e. The molecule has 1 atom stereocenters. The molecule has 0 amide bonds. The van der Waals surface area contributed by atoms with E-state index >= 15 is 0 Å². The summed E-state index contributed by atoms with van der Waals surface area (Å²) in [6.07, 6.45) is 4.94. The maximum atomic E-state index is 9.68. The minimum absolute atomic E-state index is 0.127. The molecule has 2 rings (SSSR count). The van der Waals surface area contributed by atoms with Crippen molar-refractivity contribution in [2.45, 2.75) is 58.0 Å². The van der Waals surface area contributed by atoms with Gasteiger partial charge in [-0.05, 0) is 70.4 Å². The van der Waals surface area contributed by atoms with E-state index in [0.717, 1.165) is 13.0 Å². The Kier molecular flexibility index (Phi) is 5.65. The van der Waals surface area contributed by atoms with Gasteiger partial charge in [0.15, 0.2) is 0 Å². The fraction of sp³-hybridized carbons (Fsp3) is 0.667. The molecule has 21 heavy (non-hydrogen) atoms. The van der Waals surface area contributed by atoms with Crippen LogP contribution in [0, 0.1) is 0 Å². The molecule has 3 nitrogen and oxygen atoms in total. The number of phenols is 1. The predicted octanol–water partition coefficient (Wildman–Crippen LogP) is 3.18. The lowest BCUT2D eigenvalue weighted by Gasteiger charge is -2.46. The lowest BCUT2D eigenvalue weighted by atomic mass is 9.86. The average molecular weight is 290 g/mol. The fourth-order valence-electron chi connectivity index (χ4n) is 3.43. The van der Waals surface area contributed by atoms with Gasteiger partial charge in [0, 0.05) is 11.6 Å². The van der Waals surface area contributed by atoms with Crippen LogP contribution in [-0.4, -0.2) is 41.2 Å². The Morgan fingerprint density at radius 3 is 2.57 bits per heavy atom. The van der Waals surface area contributed by atoms with Crippen LogP contribution in [0.3, 0.4) is 0 Å². The first-order valence-corrected chi connectivity index (χ1v) is 8.30. The summed E-state index contributed by atoms with van der Waals surface area (Å²) in [6.45, 7) is 10.3. The van der Waals surface area contributed by atoms with Gasteiger partial charge in [-0.3, -0.25) is 4.90 Å². The number of hydrogen-bond acceptors (Lipinski definition) is 3. The first kappa shape index (κ1) is 16.3. The topological polar surface area (TPSA) is 35.5 Å². The third kappa shape index (κ3) is 4.21. The summed E-state index contributed by atoms with van der Waals surface area (Å²) in [5.74, 6) is 0.360. The normalized spacial score (nSPS) is 18.6. The van der Waals surface area contributed by atoms with Gasteiger partial charge in [0.1, 0.15) is 5.75 Å². The summed E-state index contributed by atoms with van der Waals surface area (Å²) in [7, 11) is 0. The van der Waals surface area contributed by atoms with E-state index in [1.54, 1.807) is 6.07 Å². The number of aromatic hydroxyl groups is 1. The van der Waals surface area contributed by atoms with Gasteiger partial charge in [-0.1, -0.05) is 25.5 Å². The molecule has 1 fully saturated rings. The third-order valence-corrected chi connectivity index (χ3v) is 4.82. The molecule has 1 unspecified atom stereocenters. The van der Waals surface area contributed by atoms with E-state index in [0.29, 0.717) is 11.8 Å². The number of benzene rings is 1. The summed E-state index contributed by atoms with van der Waals surface area (Å²) >= 11 is 0. The zero-order valence-electron chi connectivity index (χ0n) is 13.7. The maximum absolute atomic E-state index is 9.68. The number of likely N-dealkylation sites (N-methyl/N-ethyl adjacent to an activating group) is 1. The summed E-state index contributed by atoms with van der Waals surface area (Å²) in [4.78, 5) is 2.63. The van der Waals surface area contributed by atoms with Gasteiger partial charge in [0.2, 0.25) is 0 Å². The van der Waals surface area contributed by atoms with E-state index in [4.69, 9.17) is 0 Å². The van der Waals surface area contributed by atoms with Crippen LogP contribution < -0.4 is 5.32 Å². The van der Waals surface area contributed by atoms with Gasteiger partial charge in [-0.2, -0.15) is 0 Å². The zero-order valence-corrected chi connectivity index (χ0v) is 13.7. The summed E-state index contributed by atoms with van der Waals surface area (Å²) in [6, 6.07) is 8.05. The second-order valence-electron chi connectivity index (χ2n) is 6.69. The highest BCUT2D eigenvalue weighted by Crippen LogP contribution is 2.26. The van der Waals surface area contributed by atoms with Gasteiger partial charge >= 0.3 is 0 Å². The van der Waals surface area contributed by atoms with Crippen molar-refractivity contribution in [2.75, 3.05) is 19.6 Å². The third-order valence-electron chi connectivity index (χ3n) is 4.82. The maximum Gasteiger partial charge on any atom is 0.115 e. The van der Waals surface area contributed by atoms with Crippen molar-refractivity contribution < 1.29 is 5.11 Å². The molecule has 0 spiro atoms. The minimum atomic E-state index is 0.127. The Hall–Kier alpha value is -1.06. The van der Waals surface area contributed by atoms with Crippen LogP contribution in [0.15, 0.2) is 24.3 Å². The van der Waals surface area contributed by atoms with Gasteiger partial charge in [-0.15, -0.1) is 0 Å². The van der Waals surface area contributed by atoms with E-state index in [2.05, 4.69) is 37.1 Å². The monoisotopic (exact) mass is 290 g/mol. The number of phenolic OH excluding ortho intramolecular Hbond substituents is 1. The Morgan fingerprint density at radius 1 is 1.24 bits per heavy atom. The van der Waals surface area contributed by atoms with Crippen molar-refractivity contribution in [1.82, 2.24) is 10.2 Å². The second kappa shape index (κ2) is 7.28. The molecule has 1 saturated heterocycles. The highest BCUT2D eigenvalue weighted by Gasteiger charge is 2.35. The molecule has 118 valence electrons. The molecule has 3 heteroatoms. The molecule has 0 radical (unpaired) electrons. The number of piperidine rings is 1. The van der Waals surface area contributed by atoms with Crippen LogP contribution in [0.2, 0.25) is 0 Å². The molecule has 0 aromatic heterocycles. The van der Waals surface area contributed by atoms with Crippen molar-refractivity contribution in [2.24, 2.45) is 0 Å². The van der Waals surface area contributed by atoms with Crippen LogP contribution in [0.5, 0.6) is 5.75 Å². The highest BCUT2D eigenvalue weighted by atomic mass is 16.3. The SMILES string of the molecule is CCNC(Cc1cccc(O)c1)C(C)(C)N1CCCCC1. The van der Waals surface area contributed by atoms with Crippen LogP contribution in [0.25, 0.3) is 0 Å². The van der Waals surface area contributed by atoms with Crippen LogP contribution >= 0.6 is 0 Å². The predicted molar refractivity (Wildman–Crippen MR) is 88.8 cm³/mol. The Bertz CT molecular complexity index is 439. The van der Waals surface area contributed by atoms with Gasteiger partial charge < -0.3 is 10.4 Å². The van der Waals surface area contributed by atoms with Crippen molar-refractivity contribution in [3.05, 3.63) is 29.8 Å². The quantitative estimate of drug-likeness (QED) is 0.844. The smallest absolute Gasteiger partial charge is 0.115 e. The van der Waals surface area contributed by atoms with Crippen LogP contribution in [0.4, 0.5) is 0 Å². The van der Waals surface area contributed by atoms with E-state index in [1.165, 1.54) is 37.9 Å². The number of rotatable bonds is 6. The summed E-state index contributed by atoms with van der Waals surface area (Å²) < 4.78 is 0. The van der Waals surface area contributed by atoms with Gasteiger partial charge in [0.25, 0.3) is 0 Å². The summed E-state index contributed by atoms with van der Waals surface area (Å²) in [5, 5.41) is 13.3. The first-order valence-electron chi connectivity index (χ1n) is 8.30. The van der Waals surface area contributed by atoms with E-state index < -0.39 is 0 Å². The van der Waals surface area contributed by atoms with E-state index in [9.17, 15) is 5.11 Å². The highest BCUT2D eigenvalue weighted by molar-refractivity contribution is 5.28. The van der Waals surface area contributed by atoms with Gasteiger partial charge in [-0.25, -0.2) is 0 Å². The lowest BCUT2D eigenvalue weighted by molar-refractivity contribution is 0.0616. The van der Waals surface area contributed by atoms with Crippen LogP contribution in [0.1, 0.15) is 45.6 Å². The van der Waals surface area contributed by atoms with E-state index in [-0.39, 0.29) is 5.54 Å². The summed E-state index contributed by atoms with van der Waals surface area (Å²) in [5.41, 5.74) is 1.33. The second-order valence-corrected chi connectivity index (χ2v) is 6.69. The average Bonchev–Trinajstić information content (AvgIpc) is 2.48. The largest absolute Gasteiger partial charge is 0.508 e. The molecular formula is C18H30N2O. The lowest BCUT2D eigenvalue weighted by Crippen LogP contribution is -2.59. The number of hydrogen-bond donors (Lipinski definition) is 2. The molecule has 0 aliphatic carbocycles. The standard InChI is InChI=1S/C18H30N2O/c1-4-19-17(14-15-9-8-10-16(21)13-15)18(2,3)20-11-6-5-7-12-20/h8-10,13,17,19,21H,4-7,11-12,14H2,1-3H3. The van der Waals surface area contributed by atoms with Crippen molar-refractivity contribution in [3.63, 3.8) is 0 Å². The molecule has 1 aliphatic heterocycles. The fourth-order valence-corrected chi connectivity index (χ4v) is 3.43. The number of nitrogens with one attached hydrogen (secondary N) is 1. The van der Waals surface area contributed by atoms with E-state index in [1.807, 2.05) is 12.1 Å². The number of nitrogens with zero attached hydrogens (tertiary/aromatic N) is 1. The number of likely N-dealkylation sites (tertiary alicyclic amines) is 1. The molecule has 1 aliphatic rings. The molecule has 1 aromatic rings. The van der Waals surface area contributed by atoms with Crippen molar-refractivity contribution in [3.8, 4) is 5.75 Å². The van der Waals surface area contributed by atoms with Crippen LogP contribution in [-0.2, 0) is 6.42 Å².